The number of rotatable bonds is 3. The van der Waals surface area contributed by atoms with Crippen molar-refractivity contribution in [2.75, 3.05) is 6.54 Å². The minimum absolute atomic E-state index is 0.0247. The largest absolute Gasteiger partial charge is 0.336 e. The van der Waals surface area contributed by atoms with Gasteiger partial charge < -0.3 is 9.42 Å². The maximum Gasteiger partial charge on any atom is 0.257 e. The van der Waals surface area contributed by atoms with Gasteiger partial charge >= 0.3 is 0 Å². The lowest BCUT2D eigenvalue weighted by molar-refractivity contribution is 0.0655. The van der Waals surface area contributed by atoms with E-state index in [1.165, 1.54) is 11.1 Å². The SMILES string of the molecule is CCC1c2ccccc2CCN1C(=O)c1cnc2onc(C(C)C)c2c1. The van der Waals surface area contributed by atoms with E-state index in [9.17, 15) is 4.79 Å². The molecule has 1 unspecified atom stereocenters. The van der Waals surface area contributed by atoms with Crippen LogP contribution >= 0.6 is 0 Å². The first-order chi connectivity index (χ1) is 12.6. The summed E-state index contributed by atoms with van der Waals surface area (Å²) in [6.45, 7) is 6.97. The molecule has 0 spiro atoms. The van der Waals surface area contributed by atoms with Gasteiger partial charge in [-0.05, 0) is 36.0 Å². The second kappa shape index (κ2) is 6.56. The number of carbonyl (C=O) groups is 1. The van der Waals surface area contributed by atoms with Gasteiger partial charge in [-0.3, -0.25) is 4.79 Å². The lowest BCUT2D eigenvalue weighted by Crippen LogP contribution is -2.39. The van der Waals surface area contributed by atoms with E-state index in [-0.39, 0.29) is 17.9 Å². The summed E-state index contributed by atoms with van der Waals surface area (Å²) in [6.07, 6.45) is 3.38. The Labute approximate surface area is 153 Å². The fourth-order valence-corrected chi connectivity index (χ4v) is 3.88. The predicted molar refractivity (Wildman–Crippen MR) is 100 cm³/mol. The number of hydrogen-bond donors (Lipinski definition) is 0. The van der Waals surface area contributed by atoms with Crippen LogP contribution in [0.15, 0.2) is 41.1 Å². The first-order valence-electron chi connectivity index (χ1n) is 9.24. The highest BCUT2D eigenvalue weighted by Crippen LogP contribution is 2.33. The van der Waals surface area contributed by atoms with Crippen molar-refractivity contribution in [3.63, 3.8) is 0 Å². The number of aromatic nitrogens is 2. The lowest BCUT2D eigenvalue weighted by atomic mass is 9.90. The molecule has 3 aromatic rings. The third-order valence-corrected chi connectivity index (χ3v) is 5.21. The highest BCUT2D eigenvalue weighted by atomic mass is 16.5. The van der Waals surface area contributed by atoms with Crippen LogP contribution in [0.25, 0.3) is 11.1 Å². The molecule has 0 saturated carbocycles. The van der Waals surface area contributed by atoms with E-state index in [1.807, 2.05) is 11.0 Å². The molecule has 1 amide bonds. The van der Waals surface area contributed by atoms with Crippen LogP contribution in [0.5, 0.6) is 0 Å². The average Bonchev–Trinajstić information content (AvgIpc) is 3.10. The summed E-state index contributed by atoms with van der Waals surface area (Å²) in [7, 11) is 0. The molecule has 1 aliphatic heterocycles. The monoisotopic (exact) mass is 349 g/mol. The molecule has 3 heterocycles. The molecule has 5 heteroatoms. The Morgan fingerprint density at radius 1 is 1.35 bits per heavy atom. The molecular weight excluding hydrogens is 326 g/mol. The number of carbonyl (C=O) groups excluding carboxylic acids is 1. The van der Waals surface area contributed by atoms with Crippen molar-refractivity contribution in [3.8, 4) is 0 Å². The van der Waals surface area contributed by atoms with E-state index in [0.29, 0.717) is 11.3 Å². The summed E-state index contributed by atoms with van der Waals surface area (Å²) in [5.74, 6) is 0.241. The Kier molecular flexibility index (Phi) is 4.23. The number of pyridine rings is 1. The van der Waals surface area contributed by atoms with E-state index in [1.54, 1.807) is 6.20 Å². The first kappa shape index (κ1) is 16.8. The molecule has 1 aromatic carbocycles. The van der Waals surface area contributed by atoms with Crippen molar-refractivity contribution in [1.82, 2.24) is 15.0 Å². The molecule has 0 bridgehead atoms. The van der Waals surface area contributed by atoms with Crippen LogP contribution in [-0.2, 0) is 6.42 Å². The standard InChI is InChI=1S/C21H23N3O2/c1-4-18-16-8-6-5-7-14(16)9-10-24(18)21(25)15-11-17-19(13(2)3)23-26-20(17)22-12-15/h5-8,11-13,18H,4,9-10H2,1-3H3. The Morgan fingerprint density at radius 2 is 2.15 bits per heavy atom. The van der Waals surface area contributed by atoms with Gasteiger partial charge in [0.1, 0.15) is 0 Å². The zero-order valence-electron chi connectivity index (χ0n) is 15.4. The molecule has 134 valence electrons. The van der Waals surface area contributed by atoms with E-state index in [2.05, 4.69) is 55.2 Å². The van der Waals surface area contributed by atoms with Crippen molar-refractivity contribution in [2.24, 2.45) is 0 Å². The second-order valence-electron chi connectivity index (χ2n) is 7.17. The van der Waals surface area contributed by atoms with Crippen LogP contribution in [0.4, 0.5) is 0 Å². The van der Waals surface area contributed by atoms with E-state index >= 15 is 0 Å². The van der Waals surface area contributed by atoms with Crippen LogP contribution in [0, 0.1) is 0 Å². The molecule has 1 atom stereocenters. The van der Waals surface area contributed by atoms with Gasteiger partial charge in [0.05, 0.1) is 22.7 Å². The van der Waals surface area contributed by atoms with Crippen LogP contribution < -0.4 is 0 Å². The van der Waals surface area contributed by atoms with Crippen molar-refractivity contribution in [3.05, 3.63) is 58.9 Å². The molecule has 0 aliphatic carbocycles. The Balaban J connectivity index is 1.71. The summed E-state index contributed by atoms with van der Waals surface area (Å²) in [4.78, 5) is 19.6. The van der Waals surface area contributed by atoms with Gasteiger partial charge in [0, 0.05) is 12.7 Å². The van der Waals surface area contributed by atoms with E-state index < -0.39 is 0 Å². The molecule has 0 N–H and O–H groups in total. The quantitative estimate of drug-likeness (QED) is 0.699. The minimum Gasteiger partial charge on any atom is -0.336 e. The first-order valence-corrected chi connectivity index (χ1v) is 9.24. The number of amides is 1. The fraction of sp³-hybridized carbons (Fsp3) is 0.381. The van der Waals surface area contributed by atoms with Gasteiger partial charge in [0.25, 0.3) is 11.6 Å². The molecule has 1 aliphatic rings. The fourth-order valence-electron chi connectivity index (χ4n) is 3.88. The second-order valence-corrected chi connectivity index (χ2v) is 7.17. The number of benzene rings is 1. The summed E-state index contributed by atoms with van der Waals surface area (Å²) < 4.78 is 5.29. The molecule has 5 nitrogen and oxygen atoms in total. The van der Waals surface area contributed by atoms with Crippen molar-refractivity contribution >= 4 is 17.0 Å². The van der Waals surface area contributed by atoms with Crippen molar-refractivity contribution < 1.29 is 9.32 Å². The Morgan fingerprint density at radius 3 is 2.92 bits per heavy atom. The Hall–Kier alpha value is -2.69. The minimum atomic E-state index is 0.0247. The topological polar surface area (TPSA) is 59.2 Å². The average molecular weight is 349 g/mol. The maximum atomic E-state index is 13.3. The molecular formula is C21H23N3O2. The van der Waals surface area contributed by atoms with Crippen LogP contribution in [-0.4, -0.2) is 27.5 Å². The summed E-state index contributed by atoms with van der Waals surface area (Å²) in [5.41, 5.74) is 4.54. The van der Waals surface area contributed by atoms with Crippen LogP contribution in [0.2, 0.25) is 0 Å². The van der Waals surface area contributed by atoms with Gasteiger partial charge in [-0.2, -0.15) is 0 Å². The van der Waals surface area contributed by atoms with Gasteiger partial charge in [-0.15, -0.1) is 0 Å². The van der Waals surface area contributed by atoms with E-state index in [0.717, 1.165) is 30.5 Å². The zero-order valence-corrected chi connectivity index (χ0v) is 15.4. The molecule has 26 heavy (non-hydrogen) atoms. The lowest BCUT2D eigenvalue weighted by Gasteiger charge is -2.37. The van der Waals surface area contributed by atoms with Gasteiger partial charge in [-0.1, -0.05) is 50.2 Å². The van der Waals surface area contributed by atoms with Crippen molar-refractivity contribution in [1.29, 1.82) is 0 Å². The summed E-state index contributed by atoms with van der Waals surface area (Å²) >= 11 is 0. The number of hydrogen-bond acceptors (Lipinski definition) is 4. The van der Waals surface area contributed by atoms with Gasteiger partial charge in [0.2, 0.25) is 0 Å². The zero-order chi connectivity index (χ0) is 18.3. The molecule has 0 fully saturated rings. The number of fused-ring (bicyclic) bond motifs is 2. The maximum absolute atomic E-state index is 13.3. The van der Waals surface area contributed by atoms with Crippen LogP contribution in [0.3, 0.4) is 0 Å². The van der Waals surface area contributed by atoms with Crippen molar-refractivity contribution in [2.45, 2.75) is 45.6 Å². The van der Waals surface area contributed by atoms with Crippen LogP contribution in [0.1, 0.15) is 66.3 Å². The highest BCUT2D eigenvalue weighted by Gasteiger charge is 2.30. The van der Waals surface area contributed by atoms with E-state index in [4.69, 9.17) is 4.52 Å². The molecule has 2 aromatic heterocycles. The third-order valence-electron chi connectivity index (χ3n) is 5.21. The van der Waals surface area contributed by atoms with Gasteiger partial charge in [-0.25, -0.2) is 4.98 Å². The normalized spacial score (nSPS) is 16.9. The summed E-state index contributed by atoms with van der Waals surface area (Å²) in [6, 6.07) is 10.4. The molecule has 4 rings (SSSR count). The smallest absolute Gasteiger partial charge is 0.257 e. The van der Waals surface area contributed by atoms with Gasteiger partial charge in [0.15, 0.2) is 0 Å². The predicted octanol–water partition coefficient (Wildman–Crippen LogP) is 4.50. The number of nitrogens with zero attached hydrogens (tertiary/aromatic N) is 3. The molecule has 0 saturated heterocycles. The summed E-state index contributed by atoms with van der Waals surface area (Å²) in [5, 5.41) is 4.94. The Bertz CT molecular complexity index is 961. The third kappa shape index (κ3) is 2.68. The molecule has 0 radical (unpaired) electrons. The highest BCUT2D eigenvalue weighted by molar-refractivity contribution is 5.97.